The Hall–Kier alpha value is -2.01. The van der Waals surface area contributed by atoms with Crippen LogP contribution in [0, 0.1) is 0 Å². The molecule has 4 heteroatoms. The highest BCUT2D eigenvalue weighted by Crippen LogP contribution is 2.39. The summed E-state index contributed by atoms with van der Waals surface area (Å²) in [6.07, 6.45) is 19.2. The molecule has 1 aliphatic heterocycles. The van der Waals surface area contributed by atoms with Gasteiger partial charge in [-0.3, -0.25) is 5.43 Å². The molecule has 1 aromatic carbocycles. The number of benzene rings is 1. The molecule has 0 radical (unpaired) electrons. The van der Waals surface area contributed by atoms with Gasteiger partial charge in [0.1, 0.15) is 5.67 Å². The number of aryl methyl sites for hydroxylation is 1. The fraction of sp³-hybridized carbons (Fsp3) is 0.562. The van der Waals surface area contributed by atoms with E-state index in [4.69, 9.17) is 5.73 Å². The normalized spacial score (nSPS) is 15.2. The highest BCUT2D eigenvalue weighted by molar-refractivity contribution is 5.33. The van der Waals surface area contributed by atoms with Crippen molar-refractivity contribution in [2.75, 3.05) is 20.1 Å². The summed E-state index contributed by atoms with van der Waals surface area (Å²) >= 11 is 0. The first kappa shape index (κ1) is 34.0. The monoisotopic (exact) mass is 499 g/mol. The van der Waals surface area contributed by atoms with Gasteiger partial charge in [0.2, 0.25) is 0 Å². The zero-order valence-electron chi connectivity index (χ0n) is 23.2. The molecule has 0 aromatic heterocycles. The van der Waals surface area contributed by atoms with Crippen molar-refractivity contribution in [3.63, 3.8) is 0 Å². The topological polar surface area (TPSA) is 41.3 Å². The van der Waals surface area contributed by atoms with Crippen LogP contribution in [0.25, 0.3) is 0 Å². The maximum atomic E-state index is 14.0. The maximum Gasteiger partial charge on any atom is 0.111 e. The van der Waals surface area contributed by atoms with Crippen molar-refractivity contribution in [3.8, 4) is 0 Å². The van der Waals surface area contributed by atoms with Crippen LogP contribution in [0.4, 0.5) is 4.39 Å². The Morgan fingerprint density at radius 2 is 1.61 bits per heavy atom. The van der Waals surface area contributed by atoms with Gasteiger partial charge in [-0.05, 0) is 114 Å². The smallest absolute Gasteiger partial charge is 0.111 e. The third-order valence-corrected chi connectivity index (χ3v) is 6.62. The molecule has 1 heterocycles. The number of allylic oxidation sites excluding steroid dienone is 3. The molecule has 0 saturated heterocycles. The van der Waals surface area contributed by atoms with Crippen molar-refractivity contribution in [2.24, 2.45) is 5.73 Å². The molecule has 1 aliphatic carbocycles. The number of fused-ring (bicyclic) bond motifs is 1. The molecule has 0 spiro atoms. The van der Waals surface area contributed by atoms with Gasteiger partial charge in [0.05, 0.1) is 0 Å². The summed E-state index contributed by atoms with van der Waals surface area (Å²) in [4.78, 5) is 0. The molecule has 0 amide bonds. The number of nitrogens with one attached hydrogen (secondary N) is 1. The van der Waals surface area contributed by atoms with Crippen LogP contribution in [0.3, 0.4) is 0 Å². The highest BCUT2D eigenvalue weighted by atomic mass is 19.1. The number of hydrogen-bond donors (Lipinski definition) is 2. The van der Waals surface area contributed by atoms with Gasteiger partial charge in [-0.2, -0.15) is 0 Å². The van der Waals surface area contributed by atoms with Gasteiger partial charge in [0.15, 0.2) is 0 Å². The minimum atomic E-state index is -0.822. The van der Waals surface area contributed by atoms with Gasteiger partial charge < -0.3 is 5.73 Å². The van der Waals surface area contributed by atoms with E-state index in [-0.39, 0.29) is 0 Å². The van der Waals surface area contributed by atoms with E-state index in [0.717, 1.165) is 90.3 Å². The molecule has 1 saturated carbocycles. The fourth-order valence-electron chi connectivity index (χ4n) is 4.22. The Kier molecular flexibility index (Phi) is 21.0. The molecule has 0 atom stereocenters. The van der Waals surface area contributed by atoms with Crippen LogP contribution >= 0.6 is 0 Å². The second-order valence-electron chi connectivity index (χ2n) is 9.44. The lowest BCUT2D eigenvalue weighted by Gasteiger charge is -2.33. The van der Waals surface area contributed by atoms with Crippen LogP contribution in [0.5, 0.6) is 0 Å². The Bertz CT molecular complexity index is 703. The Labute approximate surface area is 222 Å². The van der Waals surface area contributed by atoms with Crippen molar-refractivity contribution in [2.45, 2.75) is 95.7 Å². The largest absolute Gasteiger partial charge is 0.330 e. The van der Waals surface area contributed by atoms with E-state index in [1.165, 1.54) is 29.5 Å². The molecule has 3 nitrogen and oxygen atoms in total. The average Bonchev–Trinajstić information content (AvgIpc) is 2.90. The molecule has 3 rings (SSSR count). The van der Waals surface area contributed by atoms with Crippen molar-refractivity contribution in [1.82, 2.24) is 10.4 Å². The standard InChI is InChI=1S/C17H25FN2.C7H12.C6H13N.C2H4/c1-19-20-11-7-15-6-5-14(12-16(15)13-20)4-2-8-17(18)9-3-10-17;1-3-5-7-6-4-2;1-2-3-4-5-6-7;1-2/h5-6,12,19H,2-4,7-11,13H2,1H3;3-4H,1-2,5-7H2;2H,1,3-7H2;1-2H2. The highest BCUT2D eigenvalue weighted by Gasteiger charge is 2.35. The first-order chi connectivity index (χ1) is 17.5. The molecule has 2 aliphatic rings. The molecule has 0 unspecified atom stereocenters. The number of halogens is 1. The SMILES string of the molecule is C=C.C=CCCCC=C.C=CCCCCN.CNN1CCc2ccc(CCCC3(F)CCC3)cc2C1. The van der Waals surface area contributed by atoms with E-state index >= 15 is 0 Å². The zero-order chi connectivity index (χ0) is 27.1. The summed E-state index contributed by atoms with van der Waals surface area (Å²) in [5.74, 6) is 0. The fourth-order valence-corrected chi connectivity index (χ4v) is 4.22. The molecular formula is C32H54FN3. The number of unbranched alkanes of at least 4 members (excludes halogenated alkanes) is 4. The van der Waals surface area contributed by atoms with Gasteiger partial charge >= 0.3 is 0 Å². The van der Waals surface area contributed by atoms with Gasteiger partial charge in [-0.1, -0.05) is 36.4 Å². The molecule has 36 heavy (non-hydrogen) atoms. The van der Waals surface area contributed by atoms with E-state index in [9.17, 15) is 4.39 Å². The van der Waals surface area contributed by atoms with Crippen LogP contribution in [-0.4, -0.2) is 30.8 Å². The van der Waals surface area contributed by atoms with Gasteiger partial charge in [0.25, 0.3) is 0 Å². The van der Waals surface area contributed by atoms with Crippen LogP contribution in [0.2, 0.25) is 0 Å². The van der Waals surface area contributed by atoms with E-state index in [0.29, 0.717) is 0 Å². The van der Waals surface area contributed by atoms with Crippen LogP contribution in [0.1, 0.15) is 87.3 Å². The summed E-state index contributed by atoms with van der Waals surface area (Å²) in [5, 5.41) is 2.25. The lowest BCUT2D eigenvalue weighted by Crippen LogP contribution is -2.39. The maximum absolute atomic E-state index is 14.0. The number of nitrogens with zero attached hydrogens (tertiary/aromatic N) is 1. The summed E-state index contributed by atoms with van der Waals surface area (Å²) < 4.78 is 14.0. The minimum Gasteiger partial charge on any atom is -0.330 e. The Morgan fingerprint density at radius 3 is 2.14 bits per heavy atom. The summed E-state index contributed by atoms with van der Waals surface area (Å²) in [6.45, 7) is 19.7. The molecular weight excluding hydrogens is 445 g/mol. The van der Waals surface area contributed by atoms with Crippen LogP contribution < -0.4 is 11.2 Å². The molecule has 1 fully saturated rings. The van der Waals surface area contributed by atoms with Gasteiger partial charge in [0, 0.05) is 13.1 Å². The second-order valence-corrected chi connectivity index (χ2v) is 9.44. The van der Waals surface area contributed by atoms with E-state index in [1.807, 2.05) is 25.3 Å². The summed E-state index contributed by atoms with van der Waals surface area (Å²) in [5.41, 5.74) is 11.9. The van der Waals surface area contributed by atoms with E-state index in [1.54, 1.807) is 0 Å². The Morgan fingerprint density at radius 1 is 0.972 bits per heavy atom. The zero-order valence-corrected chi connectivity index (χ0v) is 23.2. The Balaban J connectivity index is 0.000000636. The van der Waals surface area contributed by atoms with Gasteiger partial charge in [-0.15, -0.1) is 32.9 Å². The van der Waals surface area contributed by atoms with E-state index < -0.39 is 5.67 Å². The third kappa shape index (κ3) is 15.2. The van der Waals surface area contributed by atoms with Crippen molar-refractivity contribution < 1.29 is 4.39 Å². The molecule has 0 bridgehead atoms. The van der Waals surface area contributed by atoms with Crippen molar-refractivity contribution >= 4 is 0 Å². The summed E-state index contributed by atoms with van der Waals surface area (Å²) in [6, 6.07) is 6.83. The first-order valence-corrected chi connectivity index (χ1v) is 13.8. The lowest BCUT2D eigenvalue weighted by atomic mass is 9.78. The second kappa shape index (κ2) is 22.2. The van der Waals surface area contributed by atoms with Crippen molar-refractivity contribution in [1.29, 1.82) is 0 Å². The third-order valence-electron chi connectivity index (χ3n) is 6.62. The predicted octanol–water partition coefficient (Wildman–Crippen LogP) is 8.03. The van der Waals surface area contributed by atoms with Gasteiger partial charge in [-0.25, -0.2) is 9.40 Å². The molecule has 204 valence electrons. The molecule has 1 aromatic rings. The number of nitrogens with two attached hydrogens (primary N) is 1. The number of alkyl halides is 1. The minimum absolute atomic E-state index is 0.743. The van der Waals surface area contributed by atoms with Crippen LogP contribution in [-0.2, 0) is 19.4 Å². The predicted molar refractivity (Wildman–Crippen MR) is 159 cm³/mol. The average molecular weight is 500 g/mol. The van der Waals surface area contributed by atoms with E-state index in [2.05, 4.69) is 61.5 Å². The summed E-state index contributed by atoms with van der Waals surface area (Å²) in [7, 11) is 1.98. The van der Waals surface area contributed by atoms with Crippen LogP contribution in [0.15, 0.2) is 69.3 Å². The number of hydrazine groups is 1. The number of hydrogen-bond acceptors (Lipinski definition) is 3. The quantitative estimate of drug-likeness (QED) is 0.213. The molecule has 3 N–H and O–H groups in total. The lowest BCUT2D eigenvalue weighted by molar-refractivity contribution is 0.0518. The first-order valence-electron chi connectivity index (χ1n) is 13.8. The van der Waals surface area contributed by atoms with Crippen molar-refractivity contribution in [3.05, 3.63) is 86.0 Å². The number of rotatable bonds is 13.